The molecule has 3 N–H and O–H groups in total. The highest BCUT2D eigenvalue weighted by Crippen LogP contribution is 2.14. The number of nitrogens with two attached hydrogens (primary N) is 1. The first kappa shape index (κ1) is 9.02. The summed E-state index contributed by atoms with van der Waals surface area (Å²) >= 11 is 5.64. The van der Waals surface area contributed by atoms with Crippen molar-refractivity contribution in [3.63, 3.8) is 0 Å². The zero-order chi connectivity index (χ0) is 8.97. The summed E-state index contributed by atoms with van der Waals surface area (Å²) in [6.45, 7) is 2.32. The molecule has 5 nitrogen and oxygen atoms in total. The van der Waals surface area contributed by atoms with Crippen LogP contribution in [0.15, 0.2) is 6.07 Å². The summed E-state index contributed by atoms with van der Waals surface area (Å²) in [5, 5.41) is 0.293. The van der Waals surface area contributed by atoms with E-state index in [0.717, 1.165) is 0 Å². The largest absolute Gasteiger partial charge is 0.464 e. The van der Waals surface area contributed by atoms with Crippen LogP contribution in [-0.4, -0.2) is 16.6 Å². The topological polar surface area (TPSA) is 73.1 Å². The lowest BCUT2D eigenvalue weighted by atomic mass is 10.6. The second-order valence-corrected chi connectivity index (χ2v) is 2.32. The molecule has 0 fully saturated rings. The standard InChI is InChI=1S/C6H9ClN4O/c1-2-12-6-9-4(7)3-5(10-6)11-8/h3H,2,8H2,1H3,(H,9,10,11). The number of halogens is 1. The monoisotopic (exact) mass is 188 g/mol. The average molecular weight is 189 g/mol. The molecule has 0 bridgehead atoms. The smallest absolute Gasteiger partial charge is 0.319 e. The third-order valence-corrected chi connectivity index (χ3v) is 1.29. The van der Waals surface area contributed by atoms with Crippen molar-refractivity contribution in [1.29, 1.82) is 0 Å². The normalized spacial score (nSPS) is 9.58. The summed E-state index contributed by atoms with van der Waals surface area (Å²) in [6.07, 6.45) is 0. The predicted molar refractivity (Wildman–Crippen MR) is 46.0 cm³/mol. The van der Waals surface area contributed by atoms with E-state index >= 15 is 0 Å². The summed E-state index contributed by atoms with van der Waals surface area (Å²) in [5.74, 6) is 5.56. The van der Waals surface area contributed by atoms with Crippen LogP contribution >= 0.6 is 11.6 Å². The lowest BCUT2D eigenvalue weighted by molar-refractivity contribution is 0.313. The van der Waals surface area contributed by atoms with Crippen molar-refractivity contribution >= 4 is 17.4 Å². The Labute approximate surface area is 74.9 Å². The first-order valence-corrected chi connectivity index (χ1v) is 3.78. The van der Waals surface area contributed by atoms with E-state index in [2.05, 4.69) is 15.4 Å². The van der Waals surface area contributed by atoms with Crippen molar-refractivity contribution in [1.82, 2.24) is 9.97 Å². The molecule has 0 saturated carbocycles. The Kier molecular flexibility index (Phi) is 3.07. The van der Waals surface area contributed by atoms with E-state index in [9.17, 15) is 0 Å². The van der Waals surface area contributed by atoms with Gasteiger partial charge in [0, 0.05) is 6.07 Å². The van der Waals surface area contributed by atoms with E-state index in [4.69, 9.17) is 22.2 Å². The second kappa shape index (κ2) is 4.08. The lowest BCUT2D eigenvalue weighted by Gasteiger charge is -2.03. The van der Waals surface area contributed by atoms with Gasteiger partial charge in [0.2, 0.25) is 0 Å². The van der Waals surface area contributed by atoms with Gasteiger partial charge in [-0.15, -0.1) is 0 Å². The molecule has 0 aromatic carbocycles. The first-order chi connectivity index (χ1) is 5.76. The van der Waals surface area contributed by atoms with Crippen molar-refractivity contribution in [2.45, 2.75) is 6.92 Å². The van der Waals surface area contributed by atoms with Gasteiger partial charge in [0.25, 0.3) is 0 Å². The van der Waals surface area contributed by atoms with E-state index in [0.29, 0.717) is 17.6 Å². The molecule has 1 aromatic rings. The fraction of sp³-hybridized carbons (Fsp3) is 0.333. The highest BCUT2D eigenvalue weighted by Gasteiger charge is 2.01. The van der Waals surface area contributed by atoms with Crippen LogP contribution in [0.3, 0.4) is 0 Å². The molecule has 0 aliphatic rings. The van der Waals surface area contributed by atoms with Gasteiger partial charge < -0.3 is 10.2 Å². The number of rotatable bonds is 3. The maximum absolute atomic E-state index is 5.64. The van der Waals surface area contributed by atoms with Gasteiger partial charge in [0.15, 0.2) is 0 Å². The van der Waals surface area contributed by atoms with Gasteiger partial charge in [0.05, 0.1) is 6.61 Å². The summed E-state index contributed by atoms with van der Waals surface area (Å²) in [6, 6.07) is 1.72. The Morgan fingerprint density at radius 3 is 3.00 bits per heavy atom. The first-order valence-electron chi connectivity index (χ1n) is 3.40. The fourth-order valence-corrected chi connectivity index (χ4v) is 0.840. The molecule has 66 valence electrons. The van der Waals surface area contributed by atoms with Crippen LogP contribution in [0.4, 0.5) is 5.82 Å². The van der Waals surface area contributed by atoms with Gasteiger partial charge in [0.1, 0.15) is 11.0 Å². The van der Waals surface area contributed by atoms with Gasteiger partial charge in [-0.25, -0.2) is 5.84 Å². The SMILES string of the molecule is CCOc1nc(Cl)cc(NN)n1. The highest BCUT2D eigenvalue weighted by molar-refractivity contribution is 6.29. The van der Waals surface area contributed by atoms with Crippen molar-refractivity contribution in [3.8, 4) is 6.01 Å². The maximum Gasteiger partial charge on any atom is 0.319 e. The molecule has 0 radical (unpaired) electrons. The number of ether oxygens (including phenoxy) is 1. The number of hydrazine groups is 1. The van der Waals surface area contributed by atoms with Crippen LogP contribution in [0.1, 0.15) is 6.92 Å². The predicted octanol–water partition coefficient (Wildman–Crippen LogP) is 0.814. The molecule has 0 aliphatic heterocycles. The average Bonchev–Trinajstić information content (AvgIpc) is 2.04. The van der Waals surface area contributed by atoms with Gasteiger partial charge in [-0.1, -0.05) is 11.6 Å². The zero-order valence-electron chi connectivity index (χ0n) is 6.54. The molecule has 1 aromatic heterocycles. The number of hydrogen-bond donors (Lipinski definition) is 2. The number of anilines is 1. The van der Waals surface area contributed by atoms with E-state index in [1.165, 1.54) is 6.07 Å². The van der Waals surface area contributed by atoms with Crippen molar-refractivity contribution in [3.05, 3.63) is 11.2 Å². The van der Waals surface area contributed by atoms with Crippen LogP contribution in [-0.2, 0) is 0 Å². The Hall–Kier alpha value is -1.07. The summed E-state index contributed by atoms with van der Waals surface area (Å²) in [7, 11) is 0. The molecule has 0 spiro atoms. The minimum Gasteiger partial charge on any atom is -0.464 e. The minimum atomic E-state index is 0.220. The lowest BCUT2D eigenvalue weighted by Crippen LogP contribution is -2.10. The molecule has 0 unspecified atom stereocenters. The van der Waals surface area contributed by atoms with Crippen molar-refractivity contribution < 1.29 is 4.74 Å². The quantitative estimate of drug-likeness (QED) is 0.417. The van der Waals surface area contributed by atoms with Gasteiger partial charge in [-0.05, 0) is 6.92 Å². The highest BCUT2D eigenvalue weighted by atomic mass is 35.5. The number of hydrogen-bond acceptors (Lipinski definition) is 5. The minimum absolute atomic E-state index is 0.220. The van der Waals surface area contributed by atoms with Crippen molar-refractivity contribution in [2.75, 3.05) is 12.0 Å². The van der Waals surface area contributed by atoms with Gasteiger partial charge in [-0.2, -0.15) is 9.97 Å². The maximum atomic E-state index is 5.64. The zero-order valence-corrected chi connectivity index (χ0v) is 7.30. The molecule has 1 heterocycles. The Balaban J connectivity index is 2.90. The van der Waals surface area contributed by atoms with Crippen LogP contribution in [0, 0.1) is 0 Å². The van der Waals surface area contributed by atoms with E-state index in [1.54, 1.807) is 0 Å². The molecule has 6 heteroatoms. The molecular weight excluding hydrogens is 180 g/mol. The molecule has 0 amide bonds. The number of nitrogen functional groups attached to an aromatic ring is 1. The molecule has 1 rings (SSSR count). The van der Waals surface area contributed by atoms with E-state index in [-0.39, 0.29) is 6.01 Å². The number of nitrogens with zero attached hydrogens (tertiary/aromatic N) is 2. The third-order valence-electron chi connectivity index (χ3n) is 1.10. The molecule has 12 heavy (non-hydrogen) atoms. The van der Waals surface area contributed by atoms with Crippen LogP contribution in [0.5, 0.6) is 6.01 Å². The summed E-state index contributed by atoms with van der Waals surface area (Å²) in [4.78, 5) is 7.70. The Morgan fingerprint density at radius 2 is 2.42 bits per heavy atom. The van der Waals surface area contributed by atoms with E-state index < -0.39 is 0 Å². The Morgan fingerprint density at radius 1 is 1.67 bits per heavy atom. The number of nitrogens with one attached hydrogen (secondary N) is 1. The van der Waals surface area contributed by atoms with Gasteiger partial charge in [-0.3, -0.25) is 0 Å². The van der Waals surface area contributed by atoms with Crippen LogP contribution in [0.2, 0.25) is 5.15 Å². The third kappa shape index (κ3) is 2.21. The van der Waals surface area contributed by atoms with Crippen LogP contribution < -0.4 is 16.0 Å². The van der Waals surface area contributed by atoms with Crippen molar-refractivity contribution in [2.24, 2.45) is 5.84 Å². The van der Waals surface area contributed by atoms with Gasteiger partial charge >= 0.3 is 6.01 Å². The second-order valence-electron chi connectivity index (χ2n) is 1.94. The summed E-state index contributed by atoms with van der Waals surface area (Å²) in [5.41, 5.74) is 2.35. The molecular formula is C6H9ClN4O. The summed E-state index contributed by atoms with van der Waals surface area (Å²) < 4.78 is 5.03. The molecule has 0 atom stereocenters. The Bertz CT molecular complexity index is 268. The van der Waals surface area contributed by atoms with Crippen LogP contribution in [0.25, 0.3) is 0 Å². The number of aromatic nitrogens is 2. The fourth-order valence-electron chi connectivity index (χ4n) is 0.664. The molecule has 0 aliphatic carbocycles. The molecule has 0 saturated heterocycles. The van der Waals surface area contributed by atoms with E-state index in [1.807, 2.05) is 6.92 Å².